The van der Waals surface area contributed by atoms with Crippen molar-refractivity contribution in [2.24, 2.45) is 0 Å². The van der Waals surface area contributed by atoms with Gasteiger partial charge in [-0.3, -0.25) is 9.59 Å². The third kappa shape index (κ3) is 10.6. The summed E-state index contributed by atoms with van der Waals surface area (Å²) < 4.78 is 13.6. The van der Waals surface area contributed by atoms with E-state index in [9.17, 15) is 14.0 Å². The molecule has 2 aromatic carbocycles. The number of halogens is 1. The minimum absolute atomic E-state index is 0.236. The number of hydrogen-bond acceptors (Lipinski definition) is 8. The van der Waals surface area contributed by atoms with Crippen molar-refractivity contribution in [1.82, 2.24) is 25.1 Å². The molecule has 0 unspecified atom stereocenters. The molecule has 2 amide bonds. The molecule has 0 fully saturated rings. The van der Waals surface area contributed by atoms with Crippen LogP contribution in [-0.4, -0.2) is 71.9 Å². The highest BCUT2D eigenvalue weighted by molar-refractivity contribution is 5.92. The van der Waals surface area contributed by atoms with Gasteiger partial charge in [0.05, 0.1) is 23.4 Å². The molecule has 0 saturated carbocycles. The second-order valence-electron chi connectivity index (χ2n) is 9.89. The van der Waals surface area contributed by atoms with Gasteiger partial charge in [-0.25, -0.2) is 9.37 Å². The molecule has 1 heterocycles. The maximum atomic E-state index is 13.6. The summed E-state index contributed by atoms with van der Waals surface area (Å²) in [5.41, 5.74) is 2.26. The Kier molecular flexibility index (Phi) is 12.2. The zero-order valence-corrected chi connectivity index (χ0v) is 24.7. The van der Waals surface area contributed by atoms with Crippen molar-refractivity contribution in [1.29, 1.82) is 5.26 Å². The van der Waals surface area contributed by atoms with E-state index >= 15 is 0 Å². The van der Waals surface area contributed by atoms with Crippen molar-refractivity contribution in [2.45, 2.75) is 25.8 Å². The lowest BCUT2D eigenvalue weighted by Gasteiger charge is -2.23. The molecule has 0 spiro atoms. The van der Waals surface area contributed by atoms with Crippen molar-refractivity contribution in [3.05, 3.63) is 83.8 Å². The van der Waals surface area contributed by atoms with E-state index in [1.165, 1.54) is 23.1 Å². The third-order valence-electron chi connectivity index (χ3n) is 6.19. The van der Waals surface area contributed by atoms with E-state index in [1.54, 1.807) is 62.6 Å². The van der Waals surface area contributed by atoms with Gasteiger partial charge in [-0.05, 0) is 69.9 Å². The SMILES string of the molecule is C[C@@H](C(=O)NCCCC#Cc1cnc(Nc2cccc(F)c2)nc1Nc1ccc(C#N)cc1)N(C)C(=O)C=CCN(C)C. The van der Waals surface area contributed by atoms with E-state index in [0.29, 0.717) is 54.3 Å². The van der Waals surface area contributed by atoms with E-state index in [0.717, 1.165) is 0 Å². The highest BCUT2D eigenvalue weighted by Crippen LogP contribution is 2.22. The molecule has 222 valence electrons. The molecule has 3 N–H and O–H groups in total. The Labute approximate surface area is 251 Å². The molecule has 3 aromatic rings. The van der Waals surface area contributed by atoms with Gasteiger partial charge in [-0.1, -0.05) is 24.0 Å². The minimum Gasteiger partial charge on any atom is -0.354 e. The second-order valence-corrected chi connectivity index (χ2v) is 9.89. The Morgan fingerprint density at radius 2 is 1.86 bits per heavy atom. The molecule has 0 aliphatic heterocycles. The van der Waals surface area contributed by atoms with Crippen LogP contribution in [0, 0.1) is 29.0 Å². The summed E-state index contributed by atoms with van der Waals surface area (Å²) in [6.45, 7) is 2.72. The summed E-state index contributed by atoms with van der Waals surface area (Å²) in [7, 11) is 5.41. The molecule has 1 atom stereocenters. The normalized spacial score (nSPS) is 11.3. The first kappa shape index (κ1) is 32.3. The summed E-state index contributed by atoms with van der Waals surface area (Å²) in [6.07, 6.45) is 5.89. The molecule has 10 nitrogen and oxygen atoms in total. The highest BCUT2D eigenvalue weighted by Gasteiger charge is 2.20. The van der Waals surface area contributed by atoms with Crippen molar-refractivity contribution in [3.8, 4) is 17.9 Å². The van der Waals surface area contributed by atoms with Gasteiger partial charge in [0.15, 0.2) is 5.82 Å². The highest BCUT2D eigenvalue weighted by atomic mass is 19.1. The first-order valence-corrected chi connectivity index (χ1v) is 13.7. The average molecular weight is 583 g/mol. The van der Waals surface area contributed by atoms with E-state index in [1.807, 2.05) is 19.0 Å². The van der Waals surface area contributed by atoms with Gasteiger partial charge in [0.25, 0.3) is 0 Å². The van der Waals surface area contributed by atoms with Gasteiger partial charge in [-0.2, -0.15) is 10.2 Å². The van der Waals surface area contributed by atoms with Crippen LogP contribution in [0.1, 0.15) is 30.9 Å². The maximum absolute atomic E-state index is 13.6. The summed E-state index contributed by atoms with van der Waals surface area (Å²) in [5.74, 6) is 5.98. The molecule has 0 bridgehead atoms. The number of unbranched alkanes of at least 4 members (excludes halogenated alkanes) is 1. The fourth-order valence-electron chi connectivity index (χ4n) is 3.63. The van der Waals surface area contributed by atoms with Crippen molar-refractivity contribution in [3.63, 3.8) is 0 Å². The van der Waals surface area contributed by atoms with E-state index in [4.69, 9.17) is 5.26 Å². The standard InChI is InChI=1S/C32H35FN8O2/c1-23(41(4)29(42)13-9-19-40(2)3)31(43)35-18-7-5-6-10-25-22-36-32(38-28-12-8-11-26(33)20-28)39-30(25)37-27-16-14-24(21-34)15-17-27/h8-9,11-17,20,22-23H,5,7,18-19H2,1-4H3,(H,35,43)(H2,36,37,38,39)/t23-/m0/s1. The maximum Gasteiger partial charge on any atom is 0.246 e. The van der Waals surface area contributed by atoms with Crippen molar-refractivity contribution in [2.75, 3.05) is 44.9 Å². The predicted octanol–water partition coefficient (Wildman–Crippen LogP) is 4.19. The minimum atomic E-state index is -0.616. The summed E-state index contributed by atoms with van der Waals surface area (Å²) in [5, 5.41) is 18.1. The average Bonchev–Trinajstić information content (AvgIpc) is 2.99. The Morgan fingerprint density at radius 1 is 1.09 bits per heavy atom. The van der Waals surface area contributed by atoms with Crippen LogP contribution in [0.2, 0.25) is 0 Å². The topological polar surface area (TPSA) is 126 Å². The predicted molar refractivity (Wildman–Crippen MR) is 165 cm³/mol. The fourth-order valence-corrected chi connectivity index (χ4v) is 3.63. The number of carbonyl (C=O) groups is 2. The molecule has 11 heteroatoms. The molecule has 0 saturated heterocycles. The van der Waals surface area contributed by atoms with Crippen LogP contribution in [0.5, 0.6) is 0 Å². The number of amides is 2. The quantitative estimate of drug-likeness (QED) is 0.165. The molecular formula is C32H35FN8O2. The number of anilines is 4. The Morgan fingerprint density at radius 3 is 2.56 bits per heavy atom. The van der Waals surface area contributed by atoms with Crippen molar-refractivity contribution >= 4 is 35.0 Å². The first-order chi connectivity index (χ1) is 20.7. The van der Waals surface area contributed by atoms with Crippen LogP contribution in [0.15, 0.2) is 66.9 Å². The summed E-state index contributed by atoms with van der Waals surface area (Å²) >= 11 is 0. The van der Waals surface area contributed by atoms with E-state index in [-0.39, 0.29) is 23.6 Å². The lowest BCUT2D eigenvalue weighted by molar-refractivity contribution is -0.135. The zero-order chi connectivity index (χ0) is 31.2. The number of carbonyl (C=O) groups excluding carboxylic acids is 2. The molecule has 3 rings (SSSR count). The first-order valence-electron chi connectivity index (χ1n) is 13.7. The van der Waals surface area contributed by atoms with Crippen LogP contribution in [-0.2, 0) is 9.59 Å². The van der Waals surface area contributed by atoms with Crippen LogP contribution in [0.3, 0.4) is 0 Å². The van der Waals surface area contributed by atoms with Crippen molar-refractivity contribution < 1.29 is 14.0 Å². The summed E-state index contributed by atoms with van der Waals surface area (Å²) in [4.78, 5) is 37.0. The lowest BCUT2D eigenvalue weighted by atomic mass is 10.2. The Bertz CT molecular complexity index is 1540. The molecule has 0 aliphatic carbocycles. The zero-order valence-electron chi connectivity index (χ0n) is 24.7. The van der Waals surface area contributed by atoms with Gasteiger partial charge in [-0.15, -0.1) is 0 Å². The molecule has 0 aliphatic rings. The van der Waals surface area contributed by atoms with E-state index < -0.39 is 6.04 Å². The molecular weight excluding hydrogens is 547 g/mol. The third-order valence-corrected chi connectivity index (χ3v) is 6.19. The van der Waals surface area contributed by atoms with Crippen LogP contribution < -0.4 is 16.0 Å². The molecule has 1 aromatic heterocycles. The van der Waals surface area contributed by atoms with Gasteiger partial charge in [0.1, 0.15) is 11.9 Å². The number of aromatic nitrogens is 2. The van der Waals surface area contributed by atoms with E-state index in [2.05, 4.69) is 43.8 Å². The number of benzene rings is 2. The van der Waals surface area contributed by atoms with Crippen LogP contribution in [0.4, 0.5) is 27.5 Å². The number of rotatable bonds is 12. The number of nitriles is 1. The number of nitrogens with one attached hydrogen (secondary N) is 3. The Balaban J connectivity index is 1.61. The van der Waals surface area contributed by atoms with Gasteiger partial charge >= 0.3 is 0 Å². The number of nitrogens with zero attached hydrogens (tertiary/aromatic N) is 5. The molecule has 0 radical (unpaired) electrons. The fraction of sp³-hybridized carbons (Fsp3) is 0.281. The largest absolute Gasteiger partial charge is 0.354 e. The monoisotopic (exact) mass is 582 g/mol. The van der Waals surface area contributed by atoms with Crippen LogP contribution >= 0.6 is 0 Å². The summed E-state index contributed by atoms with van der Waals surface area (Å²) in [6, 6.07) is 14.3. The molecule has 43 heavy (non-hydrogen) atoms. The van der Waals surface area contributed by atoms with Gasteiger partial charge in [0.2, 0.25) is 17.8 Å². The lowest BCUT2D eigenvalue weighted by Crippen LogP contribution is -2.45. The number of hydrogen-bond donors (Lipinski definition) is 3. The van der Waals surface area contributed by atoms with Gasteiger partial charge < -0.3 is 25.8 Å². The Hall–Kier alpha value is -5.26. The number of likely N-dealkylation sites (N-methyl/N-ethyl adjacent to an activating group) is 2. The van der Waals surface area contributed by atoms with Gasteiger partial charge in [0, 0.05) is 44.0 Å². The second kappa shape index (κ2) is 16.2. The van der Waals surface area contributed by atoms with Crippen LogP contribution in [0.25, 0.3) is 0 Å². The smallest absolute Gasteiger partial charge is 0.246 e.